The number of likely N-dealkylation sites (N-methyl/N-ethyl adjacent to an activating group) is 1. The zero-order valence-corrected chi connectivity index (χ0v) is 15.8. The number of amides is 1. The van der Waals surface area contributed by atoms with Crippen molar-refractivity contribution in [3.63, 3.8) is 0 Å². The Morgan fingerprint density at radius 3 is 2.50 bits per heavy atom. The number of hydrogen-bond donors (Lipinski definition) is 1. The van der Waals surface area contributed by atoms with Crippen LogP contribution in [0.2, 0.25) is 5.02 Å². The molecule has 0 saturated carbocycles. The number of nitrogens with zero attached hydrogens (tertiary/aromatic N) is 2. The number of anilines is 1. The van der Waals surface area contributed by atoms with Gasteiger partial charge in [0.25, 0.3) is 5.69 Å². The molecule has 0 heterocycles. The number of carbonyl (C=O) groups is 1. The second kappa shape index (κ2) is 9.43. The maximum Gasteiger partial charge on any atom is 0.387 e. The first-order chi connectivity index (χ1) is 13.2. The van der Waals surface area contributed by atoms with Gasteiger partial charge in [0.2, 0.25) is 5.91 Å². The first-order valence-corrected chi connectivity index (χ1v) is 8.54. The van der Waals surface area contributed by atoms with Gasteiger partial charge in [-0.2, -0.15) is 8.78 Å². The Morgan fingerprint density at radius 1 is 1.29 bits per heavy atom. The molecule has 0 aliphatic heterocycles. The summed E-state index contributed by atoms with van der Waals surface area (Å²) in [6.45, 7) is -1.04. The van der Waals surface area contributed by atoms with Crippen molar-refractivity contribution in [1.82, 2.24) is 4.90 Å². The average molecular weight is 414 g/mol. The zero-order valence-electron chi connectivity index (χ0n) is 15.1. The van der Waals surface area contributed by atoms with Gasteiger partial charge in [0.05, 0.1) is 11.0 Å². The van der Waals surface area contributed by atoms with Crippen LogP contribution in [-0.2, 0) is 11.3 Å². The Balaban J connectivity index is 2.00. The van der Waals surface area contributed by atoms with E-state index in [0.717, 1.165) is 0 Å². The fourth-order valence-corrected chi connectivity index (χ4v) is 2.55. The molecule has 28 heavy (non-hydrogen) atoms. The second-order valence-corrected chi connectivity index (χ2v) is 6.42. The highest BCUT2D eigenvalue weighted by atomic mass is 35.5. The van der Waals surface area contributed by atoms with Gasteiger partial charge in [0, 0.05) is 29.4 Å². The standard InChI is InChI=1S/C18H18ClF2N3O4/c1-11(17(25)22-13-3-6-15(7-4-13)28-18(20)21)23(2)10-12-9-14(24(26)27)5-8-16(12)19/h3-9,11,18H,10H2,1-2H3,(H,22,25). The van der Waals surface area contributed by atoms with E-state index in [9.17, 15) is 23.7 Å². The number of non-ortho nitro benzene ring substituents is 1. The number of hydrogen-bond acceptors (Lipinski definition) is 5. The van der Waals surface area contributed by atoms with E-state index in [1.165, 1.54) is 42.5 Å². The molecule has 7 nitrogen and oxygen atoms in total. The van der Waals surface area contributed by atoms with E-state index in [2.05, 4.69) is 10.1 Å². The van der Waals surface area contributed by atoms with Gasteiger partial charge in [-0.1, -0.05) is 11.6 Å². The van der Waals surface area contributed by atoms with Crippen LogP contribution in [0.4, 0.5) is 20.2 Å². The van der Waals surface area contributed by atoms with Crippen molar-refractivity contribution >= 4 is 28.9 Å². The van der Waals surface area contributed by atoms with Gasteiger partial charge in [-0.25, -0.2) is 0 Å². The van der Waals surface area contributed by atoms with Gasteiger partial charge < -0.3 is 10.1 Å². The van der Waals surface area contributed by atoms with Crippen LogP contribution in [0.5, 0.6) is 5.75 Å². The fourth-order valence-electron chi connectivity index (χ4n) is 2.37. The van der Waals surface area contributed by atoms with Crippen LogP contribution in [0.1, 0.15) is 12.5 Å². The number of nitrogens with one attached hydrogen (secondary N) is 1. The summed E-state index contributed by atoms with van der Waals surface area (Å²) in [6, 6.07) is 9.05. The summed E-state index contributed by atoms with van der Waals surface area (Å²) in [4.78, 5) is 24.5. The van der Waals surface area contributed by atoms with E-state index < -0.39 is 17.6 Å². The van der Waals surface area contributed by atoms with Crippen LogP contribution >= 0.6 is 11.6 Å². The minimum atomic E-state index is -2.92. The molecule has 2 aromatic rings. The van der Waals surface area contributed by atoms with E-state index in [-0.39, 0.29) is 23.9 Å². The highest BCUT2D eigenvalue weighted by Gasteiger charge is 2.20. The first kappa shape index (κ1) is 21.5. The number of benzene rings is 2. The van der Waals surface area contributed by atoms with Gasteiger partial charge in [0.15, 0.2) is 0 Å². The summed E-state index contributed by atoms with van der Waals surface area (Å²) in [6.07, 6.45) is 0. The average Bonchev–Trinajstić information content (AvgIpc) is 2.63. The number of ether oxygens (including phenoxy) is 1. The predicted molar refractivity (Wildman–Crippen MR) is 101 cm³/mol. The van der Waals surface area contributed by atoms with E-state index >= 15 is 0 Å². The molecule has 2 aromatic carbocycles. The number of halogens is 3. The molecular formula is C18H18ClF2N3O4. The third-order valence-electron chi connectivity index (χ3n) is 4.05. The molecule has 2 rings (SSSR count). The van der Waals surface area contributed by atoms with E-state index in [1.807, 2.05) is 0 Å². The quantitative estimate of drug-likeness (QED) is 0.515. The number of rotatable bonds is 8. The molecule has 0 fully saturated rings. The third kappa shape index (κ3) is 5.86. The number of nitro groups is 1. The lowest BCUT2D eigenvalue weighted by Gasteiger charge is -2.24. The maximum absolute atomic E-state index is 12.4. The Hall–Kier alpha value is -2.78. The van der Waals surface area contributed by atoms with Crippen molar-refractivity contribution in [2.24, 2.45) is 0 Å². The lowest BCUT2D eigenvalue weighted by Crippen LogP contribution is -2.39. The molecule has 1 amide bonds. The second-order valence-electron chi connectivity index (χ2n) is 6.02. The van der Waals surface area contributed by atoms with Crippen LogP contribution < -0.4 is 10.1 Å². The van der Waals surface area contributed by atoms with Crippen LogP contribution in [0.15, 0.2) is 42.5 Å². The van der Waals surface area contributed by atoms with Crippen LogP contribution in [0.25, 0.3) is 0 Å². The Labute approximate surface area is 165 Å². The molecule has 0 saturated heterocycles. The van der Waals surface area contributed by atoms with Crippen LogP contribution in [0, 0.1) is 10.1 Å². The highest BCUT2D eigenvalue weighted by molar-refractivity contribution is 6.31. The molecule has 10 heteroatoms. The molecule has 0 bridgehead atoms. The molecule has 0 radical (unpaired) electrons. The topological polar surface area (TPSA) is 84.7 Å². The van der Waals surface area contributed by atoms with E-state index in [0.29, 0.717) is 16.3 Å². The van der Waals surface area contributed by atoms with Crippen molar-refractivity contribution in [3.05, 3.63) is 63.2 Å². The van der Waals surface area contributed by atoms with Gasteiger partial charge >= 0.3 is 6.61 Å². The lowest BCUT2D eigenvalue weighted by molar-refractivity contribution is -0.384. The fraction of sp³-hybridized carbons (Fsp3) is 0.278. The lowest BCUT2D eigenvalue weighted by atomic mass is 10.1. The first-order valence-electron chi connectivity index (χ1n) is 8.16. The van der Waals surface area contributed by atoms with Crippen molar-refractivity contribution in [3.8, 4) is 5.75 Å². The summed E-state index contributed by atoms with van der Waals surface area (Å²) in [5.41, 5.74) is 0.850. The summed E-state index contributed by atoms with van der Waals surface area (Å²) in [7, 11) is 1.68. The largest absolute Gasteiger partial charge is 0.435 e. The summed E-state index contributed by atoms with van der Waals surface area (Å²) in [5, 5.41) is 13.9. The van der Waals surface area contributed by atoms with Crippen LogP contribution in [-0.4, -0.2) is 35.4 Å². The van der Waals surface area contributed by atoms with Crippen molar-refractivity contribution in [2.45, 2.75) is 26.1 Å². The summed E-state index contributed by atoms with van der Waals surface area (Å²) < 4.78 is 28.6. The minimum absolute atomic E-state index is 0.0153. The molecule has 1 unspecified atom stereocenters. The Morgan fingerprint density at radius 2 is 1.93 bits per heavy atom. The Kier molecular flexibility index (Phi) is 7.24. The minimum Gasteiger partial charge on any atom is -0.435 e. The molecular weight excluding hydrogens is 396 g/mol. The van der Waals surface area contributed by atoms with Crippen molar-refractivity contribution < 1.29 is 23.2 Å². The number of carbonyl (C=O) groups excluding carboxylic acids is 1. The SMILES string of the molecule is CC(C(=O)Nc1ccc(OC(F)F)cc1)N(C)Cc1cc([N+](=O)[O-])ccc1Cl. The van der Waals surface area contributed by atoms with Crippen molar-refractivity contribution in [2.75, 3.05) is 12.4 Å². The smallest absolute Gasteiger partial charge is 0.387 e. The molecule has 0 spiro atoms. The van der Waals surface area contributed by atoms with Gasteiger partial charge in [-0.15, -0.1) is 0 Å². The molecule has 150 valence electrons. The maximum atomic E-state index is 12.4. The zero-order chi connectivity index (χ0) is 20.8. The third-order valence-corrected chi connectivity index (χ3v) is 4.42. The van der Waals surface area contributed by atoms with Crippen molar-refractivity contribution in [1.29, 1.82) is 0 Å². The molecule has 1 N–H and O–H groups in total. The van der Waals surface area contributed by atoms with Gasteiger partial charge in [0.1, 0.15) is 5.75 Å². The van der Waals surface area contributed by atoms with E-state index in [1.54, 1.807) is 18.9 Å². The summed E-state index contributed by atoms with van der Waals surface area (Å²) >= 11 is 6.09. The predicted octanol–water partition coefficient (Wildman–Crippen LogP) is 4.31. The molecule has 0 aromatic heterocycles. The van der Waals surface area contributed by atoms with E-state index in [4.69, 9.17) is 11.6 Å². The molecule has 1 atom stereocenters. The normalized spacial score (nSPS) is 12.1. The van der Waals surface area contributed by atoms with Gasteiger partial charge in [-0.3, -0.25) is 19.8 Å². The molecule has 0 aliphatic carbocycles. The molecule has 0 aliphatic rings. The number of nitro benzene ring substituents is 1. The summed E-state index contributed by atoms with van der Waals surface area (Å²) in [5.74, 6) is -0.356. The van der Waals surface area contributed by atoms with Crippen LogP contribution in [0.3, 0.4) is 0 Å². The monoisotopic (exact) mass is 413 g/mol. The highest BCUT2D eigenvalue weighted by Crippen LogP contribution is 2.24. The Bertz CT molecular complexity index is 849. The number of alkyl halides is 2. The van der Waals surface area contributed by atoms with Gasteiger partial charge in [-0.05, 0) is 49.9 Å².